The number of fused-ring (bicyclic) bond motifs is 1. The Balaban J connectivity index is 1.51. The van der Waals surface area contributed by atoms with Crippen LogP contribution in [0.2, 0.25) is 0 Å². The van der Waals surface area contributed by atoms with Crippen LogP contribution in [0.25, 0.3) is 0 Å². The number of nitrogens with one attached hydrogen (secondary N) is 1. The Morgan fingerprint density at radius 2 is 1.61 bits per heavy atom. The van der Waals surface area contributed by atoms with E-state index in [4.69, 9.17) is 0 Å². The molecule has 0 unspecified atom stereocenters. The smallest absolute Gasteiger partial charge is 0.261 e. The summed E-state index contributed by atoms with van der Waals surface area (Å²) in [5, 5.41) is 0. The fourth-order valence-electron chi connectivity index (χ4n) is 3.21. The van der Waals surface area contributed by atoms with Gasteiger partial charge in [-0.1, -0.05) is 18.2 Å². The van der Waals surface area contributed by atoms with E-state index < -0.39 is 15.8 Å². The lowest BCUT2D eigenvalue weighted by atomic mass is 10.1. The van der Waals surface area contributed by atoms with E-state index in [-0.39, 0.29) is 10.8 Å². The molecule has 5 nitrogen and oxygen atoms in total. The van der Waals surface area contributed by atoms with E-state index in [9.17, 15) is 17.6 Å². The number of nitrogens with zero attached hydrogens (tertiary/aromatic N) is 1. The van der Waals surface area contributed by atoms with Gasteiger partial charge in [-0.25, -0.2) is 12.8 Å². The lowest BCUT2D eigenvalue weighted by Gasteiger charge is -2.17. The largest absolute Gasteiger partial charge is 0.308 e. The summed E-state index contributed by atoms with van der Waals surface area (Å²) in [6.45, 7) is 0.622. The van der Waals surface area contributed by atoms with Gasteiger partial charge < -0.3 is 4.90 Å². The van der Waals surface area contributed by atoms with Crippen LogP contribution in [0.4, 0.5) is 15.8 Å². The fraction of sp³-hybridized carbons (Fsp3) is 0.0952. The topological polar surface area (TPSA) is 66.5 Å². The normalized spacial score (nSPS) is 13.2. The summed E-state index contributed by atoms with van der Waals surface area (Å²) < 4.78 is 40.2. The van der Waals surface area contributed by atoms with Crippen LogP contribution in [0.5, 0.6) is 0 Å². The average Bonchev–Trinajstić information content (AvgIpc) is 3.12. The van der Waals surface area contributed by atoms with E-state index in [1.54, 1.807) is 17.0 Å². The van der Waals surface area contributed by atoms with Gasteiger partial charge in [0.1, 0.15) is 5.82 Å². The number of carbonyl (C=O) groups is 1. The van der Waals surface area contributed by atoms with Gasteiger partial charge in [-0.05, 0) is 66.6 Å². The van der Waals surface area contributed by atoms with Gasteiger partial charge in [0.05, 0.1) is 4.90 Å². The lowest BCUT2D eigenvalue weighted by Crippen LogP contribution is -2.28. The minimum atomic E-state index is -3.83. The maximum Gasteiger partial charge on any atom is 0.261 e. The highest BCUT2D eigenvalue weighted by Crippen LogP contribution is 2.29. The quantitative estimate of drug-likeness (QED) is 0.729. The molecule has 0 aliphatic carbocycles. The molecule has 1 amide bonds. The minimum Gasteiger partial charge on any atom is -0.308 e. The first-order valence-electron chi connectivity index (χ1n) is 8.72. The number of hydrogen-bond acceptors (Lipinski definition) is 3. The molecule has 1 N–H and O–H groups in total. The van der Waals surface area contributed by atoms with Crippen LogP contribution in [-0.4, -0.2) is 20.9 Å². The molecule has 3 aromatic rings. The zero-order valence-electron chi connectivity index (χ0n) is 14.8. The number of halogens is 1. The van der Waals surface area contributed by atoms with E-state index in [0.717, 1.165) is 29.8 Å². The third kappa shape index (κ3) is 3.48. The molecular formula is C21H17FN2O3S. The van der Waals surface area contributed by atoms with Gasteiger partial charge in [0.15, 0.2) is 0 Å². The molecule has 1 aliphatic rings. The first-order chi connectivity index (χ1) is 13.4. The number of anilines is 2. The van der Waals surface area contributed by atoms with Crippen molar-refractivity contribution in [2.45, 2.75) is 11.3 Å². The molecule has 0 aromatic heterocycles. The molecule has 0 radical (unpaired) electrons. The average molecular weight is 396 g/mol. The highest BCUT2D eigenvalue weighted by molar-refractivity contribution is 7.92. The van der Waals surface area contributed by atoms with Crippen LogP contribution in [0.1, 0.15) is 15.9 Å². The predicted octanol–water partition coefficient (Wildman–Crippen LogP) is 3.83. The van der Waals surface area contributed by atoms with Crippen LogP contribution in [0.15, 0.2) is 77.7 Å². The van der Waals surface area contributed by atoms with Gasteiger partial charge in [0.2, 0.25) is 0 Å². The number of benzene rings is 3. The number of carbonyl (C=O) groups excluding carboxylic acids is 1. The molecule has 7 heteroatoms. The van der Waals surface area contributed by atoms with Crippen molar-refractivity contribution in [3.8, 4) is 0 Å². The van der Waals surface area contributed by atoms with Crippen molar-refractivity contribution in [3.05, 3.63) is 89.7 Å². The number of para-hydroxylation sites is 1. The lowest BCUT2D eigenvalue weighted by molar-refractivity contribution is 0.0989. The zero-order valence-corrected chi connectivity index (χ0v) is 15.6. The summed E-state index contributed by atoms with van der Waals surface area (Å²) in [6, 6.07) is 18.6. The Morgan fingerprint density at radius 1 is 0.929 bits per heavy atom. The Hall–Kier alpha value is -3.19. The number of rotatable bonds is 4. The van der Waals surface area contributed by atoms with Crippen molar-refractivity contribution in [2.24, 2.45) is 0 Å². The summed E-state index contributed by atoms with van der Waals surface area (Å²) in [6.07, 6.45) is 0.817. The third-order valence-electron chi connectivity index (χ3n) is 4.64. The van der Waals surface area contributed by atoms with Crippen molar-refractivity contribution in [1.82, 2.24) is 0 Å². The molecule has 0 spiro atoms. The standard InChI is InChI=1S/C21H17FN2O3S/c22-17-7-11-19(12-8-17)28(26,27)23-18-9-5-16(6-10-18)21(25)24-14-13-15-3-1-2-4-20(15)24/h1-12,23H,13-14H2. The van der Waals surface area contributed by atoms with E-state index in [0.29, 0.717) is 17.8 Å². The molecular weight excluding hydrogens is 379 g/mol. The summed E-state index contributed by atoms with van der Waals surface area (Å²) in [7, 11) is -3.83. The maximum absolute atomic E-state index is 13.0. The monoisotopic (exact) mass is 396 g/mol. The summed E-state index contributed by atoms with van der Waals surface area (Å²) >= 11 is 0. The van der Waals surface area contributed by atoms with Gasteiger partial charge >= 0.3 is 0 Å². The van der Waals surface area contributed by atoms with E-state index in [2.05, 4.69) is 4.72 Å². The third-order valence-corrected chi connectivity index (χ3v) is 6.04. The highest BCUT2D eigenvalue weighted by Gasteiger charge is 2.25. The molecule has 0 bridgehead atoms. The maximum atomic E-state index is 13.0. The van der Waals surface area contributed by atoms with E-state index in [1.165, 1.54) is 24.3 Å². The molecule has 1 heterocycles. The Morgan fingerprint density at radius 3 is 2.32 bits per heavy atom. The Bertz CT molecular complexity index is 1130. The Kier molecular flexibility index (Phi) is 4.60. The minimum absolute atomic E-state index is 0.0391. The Labute approximate surface area is 162 Å². The number of hydrogen-bond donors (Lipinski definition) is 1. The van der Waals surface area contributed by atoms with Crippen LogP contribution >= 0.6 is 0 Å². The number of amides is 1. The molecule has 28 heavy (non-hydrogen) atoms. The molecule has 1 aliphatic heterocycles. The zero-order chi connectivity index (χ0) is 19.7. The van der Waals surface area contributed by atoms with Crippen LogP contribution in [-0.2, 0) is 16.4 Å². The van der Waals surface area contributed by atoms with E-state index >= 15 is 0 Å². The van der Waals surface area contributed by atoms with Crippen LogP contribution in [0, 0.1) is 5.82 Å². The fourth-order valence-corrected chi connectivity index (χ4v) is 4.27. The van der Waals surface area contributed by atoms with E-state index in [1.807, 2.05) is 24.3 Å². The van der Waals surface area contributed by atoms with Crippen LogP contribution < -0.4 is 9.62 Å². The molecule has 0 saturated heterocycles. The molecule has 4 rings (SSSR count). The van der Waals surface area contributed by atoms with Crippen molar-refractivity contribution < 1.29 is 17.6 Å². The number of sulfonamides is 1. The molecule has 142 valence electrons. The summed E-state index contributed by atoms with van der Waals surface area (Å²) in [4.78, 5) is 14.5. The molecule has 0 fully saturated rings. The van der Waals surface area contributed by atoms with Gasteiger partial charge in [-0.2, -0.15) is 0 Å². The van der Waals surface area contributed by atoms with Crippen molar-refractivity contribution in [1.29, 1.82) is 0 Å². The summed E-state index contributed by atoms with van der Waals surface area (Å²) in [5.74, 6) is -0.636. The molecule has 3 aromatic carbocycles. The SMILES string of the molecule is O=C(c1ccc(NS(=O)(=O)c2ccc(F)cc2)cc1)N1CCc2ccccc21. The van der Waals surface area contributed by atoms with Gasteiger partial charge in [0.25, 0.3) is 15.9 Å². The van der Waals surface area contributed by atoms with Crippen molar-refractivity contribution in [3.63, 3.8) is 0 Å². The van der Waals surface area contributed by atoms with Crippen molar-refractivity contribution in [2.75, 3.05) is 16.2 Å². The first-order valence-corrected chi connectivity index (χ1v) is 10.2. The first kappa shape index (κ1) is 18.2. The van der Waals surface area contributed by atoms with Gasteiger partial charge in [-0.15, -0.1) is 0 Å². The second-order valence-electron chi connectivity index (χ2n) is 6.47. The van der Waals surface area contributed by atoms with Crippen LogP contribution in [0.3, 0.4) is 0 Å². The second kappa shape index (κ2) is 7.09. The van der Waals surface area contributed by atoms with Gasteiger partial charge in [0, 0.05) is 23.5 Å². The highest BCUT2D eigenvalue weighted by atomic mass is 32.2. The summed E-state index contributed by atoms with van der Waals surface area (Å²) in [5.41, 5.74) is 2.84. The molecule has 0 atom stereocenters. The predicted molar refractivity (Wildman–Crippen MR) is 105 cm³/mol. The molecule has 0 saturated carbocycles. The second-order valence-corrected chi connectivity index (χ2v) is 8.15. The van der Waals surface area contributed by atoms with Crippen molar-refractivity contribution >= 4 is 27.3 Å². The van der Waals surface area contributed by atoms with Gasteiger partial charge in [-0.3, -0.25) is 9.52 Å².